The van der Waals surface area contributed by atoms with Gasteiger partial charge in [-0.15, -0.1) is 0 Å². The van der Waals surface area contributed by atoms with Crippen LogP contribution in [-0.2, 0) is 9.09 Å². The molecule has 4 bridgehead atoms. The number of fused-ring (bicyclic) bond motifs is 5. The maximum atomic E-state index is 14.1. The van der Waals surface area contributed by atoms with Crippen molar-refractivity contribution in [3.63, 3.8) is 0 Å². The smallest absolute Gasteiger partial charge is 0.320 e. The Labute approximate surface area is 259 Å². The van der Waals surface area contributed by atoms with E-state index in [9.17, 15) is 19.0 Å². The van der Waals surface area contributed by atoms with Gasteiger partial charge in [0.1, 0.15) is 0 Å². The van der Waals surface area contributed by atoms with E-state index in [1.165, 1.54) is 38.5 Å². The molecule has 8 nitrogen and oxygen atoms in total. The van der Waals surface area contributed by atoms with Crippen molar-refractivity contribution in [2.45, 2.75) is 102 Å². The normalized spacial score (nSPS) is 31.8. The molecule has 2 saturated carbocycles. The van der Waals surface area contributed by atoms with Crippen molar-refractivity contribution < 1.29 is 18.8 Å². The maximum absolute atomic E-state index is 14.1. The predicted octanol–water partition coefficient (Wildman–Crippen LogP) is 6.27. The highest BCUT2D eigenvalue weighted by Crippen LogP contribution is 2.49. The number of piperidine rings is 2. The van der Waals surface area contributed by atoms with E-state index in [1.54, 1.807) is 34.9 Å². The highest BCUT2D eigenvalue weighted by atomic mass is 31.2. The van der Waals surface area contributed by atoms with Crippen molar-refractivity contribution in [2.75, 3.05) is 6.61 Å². The van der Waals surface area contributed by atoms with Gasteiger partial charge in [-0.2, -0.15) is 0 Å². The molecule has 9 heteroatoms. The van der Waals surface area contributed by atoms with E-state index in [2.05, 4.69) is 16.8 Å². The maximum Gasteiger partial charge on any atom is 0.382 e. The Morgan fingerprint density at radius 1 is 0.886 bits per heavy atom. The Kier molecular flexibility index (Phi) is 8.38. The average Bonchev–Trinajstić information content (AvgIpc) is 2.99. The van der Waals surface area contributed by atoms with E-state index in [-0.39, 0.29) is 24.9 Å². The van der Waals surface area contributed by atoms with E-state index in [4.69, 9.17) is 4.52 Å². The van der Waals surface area contributed by atoms with Crippen LogP contribution in [0.3, 0.4) is 0 Å². The summed E-state index contributed by atoms with van der Waals surface area (Å²) in [7, 11) is -4.59. The van der Waals surface area contributed by atoms with Crippen LogP contribution in [0.4, 0.5) is 0 Å². The Hall–Kier alpha value is -2.64. The molecule has 2 aromatic carbocycles. The number of nitrogens with zero attached hydrogens (tertiary/aromatic N) is 3. The lowest BCUT2D eigenvalue weighted by Crippen LogP contribution is -2.59. The number of carbonyl (C=O) groups is 1. The molecule has 3 aromatic rings. The van der Waals surface area contributed by atoms with Gasteiger partial charge in [0, 0.05) is 36.2 Å². The molecule has 2 aliphatic carbocycles. The monoisotopic (exact) mass is 617 g/mol. The van der Waals surface area contributed by atoms with E-state index >= 15 is 0 Å². The quantitative estimate of drug-likeness (QED) is 0.235. The lowest BCUT2D eigenvalue weighted by Gasteiger charge is -2.55. The van der Waals surface area contributed by atoms with Gasteiger partial charge in [-0.3, -0.25) is 19.1 Å². The highest BCUT2D eigenvalue weighted by Gasteiger charge is 2.46. The SMILES string of the molecule is C[C@@H]1C[C@@H]2C[C@H](C1)C[C@@H](N1[C@@H]3CCC[C@H]1C[C@@H](n1c(=O)c(P(=O)(O)OCCC(=O)c4ccccc4)nc4ccccc41)C3)C2. The Balaban J connectivity index is 1.14. The van der Waals surface area contributed by atoms with Crippen molar-refractivity contribution in [1.82, 2.24) is 14.5 Å². The van der Waals surface area contributed by atoms with Gasteiger partial charge in [-0.1, -0.05) is 55.8 Å². The molecule has 2 aliphatic heterocycles. The summed E-state index contributed by atoms with van der Waals surface area (Å²) < 4.78 is 20.7. The van der Waals surface area contributed by atoms with Crippen molar-refractivity contribution in [3.8, 4) is 0 Å². The number of rotatable bonds is 8. The first kappa shape index (κ1) is 30.0. The van der Waals surface area contributed by atoms with Crippen LogP contribution in [0.5, 0.6) is 0 Å². The third kappa shape index (κ3) is 5.87. The standard InChI is InChI=1S/C35H44N3O5P/c1-23-16-24-18-25(17-23)20-29(19-24)37-27-10-7-11-28(37)22-30(21-27)38-32-13-6-5-12-31(32)36-34(35(38)40)44(41,42)43-15-14-33(39)26-8-3-2-4-9-26/h2-6,8-9,12-13,23-25,27-30H,7,10-11,14-22H2,1H3,(H,41,42)/t23-,24-,25+,27-,28+,29+,30+. The molecule has 3 heterocycles. The molecule has 7 rings (SSSR count). The minimum atomic E-state index is -4.59. The molecule has 1 aromatic heterocycles. The molecule has 1 N–H and O–H groups in total. The van der Waals surface area contributed by atoms with Gasteiger partial charge in [-0.05, 0) is 87.7 Å². The van der Waals surface area contributed by atoms with Crippen molar-refractivity contribution in [3.05, 3.63) is 70.5 Å². The van der Waals surface area contributed by atoms with Crippen LogP contribution in [0.1, 0.15) is 94.0 Å². The first-order valence-electron chi connectivity index (χ1n) is 16.6. The molecule has 234 valence electrons. The summed E-state index contributed by atoms with van der Waals surface area (Å²) in [5.74, 6) is 2.35. The molecule has 44 heavy (non-hydrogen) atoms. The second kappa shape index (κ2) is 12.3. The Morgan fingerprint density at radius 2 is 1.55 bits per heavy atom. The Morgan fingerprint density at radius 3 is 2.25 bits per heavy atom. The summed E-state index contributed by atoms with van der Waals surface area (Å²) >= 11 is 0. The van der Waals surface area contributed by atoms with Crippen LogP contribution in [0.15, 0.2) is 59.4 Å². The van der Waals surface area contributed by atoms with Crippen LogP contribution < -0.4 is 11.0 Å². The van der Waals surface area contributed by atoms with E-state index < -0.39 is 18.6 Å². The van der Waals surface area contributed by atoms with Crippen LogP contribution in [0.2, 0.25) is 0 Å². The topological polar surface area (TPSA) is 102 Å². The van der Waals surface area contributed by atoms with Gasteiger partial charge >= 0.3 is 7.60 Å². The molecular weight excluding hydrogens is 573 g/mol. The lowest BCUT2D eigenvalue weighted by molar-refractivity contribution is -0.0524. The zero-order chi connectivity index (χ0) is 30.4. The van der Waals surface area contributed by atoms with Gasteiger partial charge in [0.05, 0.1) is 17.6 Å². The van der Waals surface area contributed by atoms with Gasteiger partial charge in [-0.25, -0.2) is 4.98 Å². The van der Waals surface area contributed by atoms with Gasteiger partial charge < -0.3 is 14.0 Å². The second-order valence-corrected chi connectivity index (χ2v) is 15.7. The summed E-state index contributed by atoms with van der Waals surface area (Å²) in [5.41, 5.74) is 0.699. The van der Waals surface area contributed by atoms with Gasteiger partial charge in [0.15, 0.2) is 5.78 Å². The minimum absolute atomic E-state index is 0.0695. The number of benzene rings is 2. The number of para-hydroxylation sites is 2. The largest absolute Gasteiger partial charge is 0.382 e. The fraction of sp³-hybridized carbons (Fsp3) is 0.571. The number of Topliss-reactive ketones (excluding diaryl/α,β-unsaturated/α-hetero) is 1. The molecular formula is C35H44N3O5P. The molecule has 0 radical (unpaired) electrons. The molecule has 4 aliphatic rings. The fourth-order valence-corrected chi connectivity index (χ4v) is 10.4. The van der Waals surface area contributed by atoms with Crippen LogP contribution in [0.25, 0.3) is 11.0 Å². The first-order valence-corrected chi connectivity index (χ1v) is 18.2. The molecule has 4 fully saturated rings. The number of ketones is 1. The van der Waals surface area contributed by atoms with Crippen molar-refractivity contribution in [1.29, 1.82) is 0 Å². The number of hydrogen-bond donors (Lipinski definition) is 1. The van der Waals surface area contributed by atoms with Crippen molar-refractivity contribution >= 4 is 29.8 Å². The number of hydrogen-bond acceptors (Lipinski definition) is 6. The summed E-state index contributed by atoms with van der Waals surface area (Å²) in [4.78, 5) is 44.9. The second-order valence-electron chi connectivity index (χ2n) is 14.0. The summed E-state index contributed by atoms with van der Waals surface area (Å²) in [6, 6.07) is 17.5. The lowest BCUT2D eigenvalue weighted by atomic mass is 9.65. The van der Waals surface area contributed by atoms with E-state index in [0.29, 0.717) is 34.7 Å². The minimum Gasteiger partial charge on any atom is -0.320 e. The summed E-state index contributed by atoms with van der Waals surface area (Å²) in [6.45, 7) is 2.14. The zero-order valence-electron chi connectivity index (χ0n) is 25.6. The summed E-state index contributed by atoms with van der Waals surface area (Å²) in [5, 5.41) is 0. The third-order valence-electron chi connectivity index (χ3n) is 10.9. The third-order valence-corrected chi connectivity index (χ3v) is 12.2. The summed E-state index contributed by atoms with van der Waals surface area (Å²) in [6.07, 6.45) is 11.9. The molecule has 0 amide bonds. The van der Waals surface area contributed by atoms with Crippen molar-refractivity contribution in [2.24, 2.45) is 17.8 Å². The molecule has 2 saturated heterocycles. The van der Waals surface area contributed by atoms with Gasteiger partial charge in [0.25, 0.3) is 5.56 Å². The molecule has 1 unspecified atom stereocenters. The van der Waals surface area contributed by atoms with Crippen LogP contribution >= 0.6 is 7.60 Å². The Bertz CT molecular complexity index is 1590. The molecule has 8 atom stereocenters. The predicted molar refractivity (Wildman–Crippen MR) is 171 cm³/mol. The van der Waals surface area contributed by atoms with Gasteiger partial charge in [0.2, 0.25) is 5.44 Å². The molecule has 0 spiro atoms. The van der Waals surface area contributed by atoms with Crippen LogP contribution in [0, 0.1) is 17.8 Å². The highest BCUT2D eigenvalue weighted by molar-refractivity contribution is 7.60. The zero-order valence-corrected chi connectivity index (χ0v) is 26.5. The van der Waals surface area contributed by atoms with Crippen LogP contribution in [-0.4, -0.2) is 49.9 Å². The average molecular weight is 618 g/mol. The first-order chi connectivity index (χ1) is 21.3. The van der Waals surface area contributed by atoms with E-state index in [0.717, 1.165) is 43.4 Å². The number of aromatic nitrogens is 2. The van der Waals surface area contributed by atoms with E-state index in [1.807, 2.05) is 24.3 Å². The fourth-order valence-electron chi connectivity index (χ4n) is 9.37. The number of carbonyl (C=O) groups excluding carboxylic acids is 1.